The Labute approximate surface area is 151 Å². The standard InChI is InChI=1S/C18H29N3O2.ClH/c1-3-15(2)23-17-7-5-16(6-8-17)18(22)20-9-4-12-21-13-10-19-11-14-21;/h5-8,15,19H,3-4,9-14H2,1-2H3,(H,20,22);1H. The van der Waals surface area contributed by atoms with Crippen molar-refractivity contribution in [3.63, 3.8) is 0 Å². The lowest BCUT2D eigenvalue weighted by Crippen LogP contribution is -2.44. The molecule has 5 nitrogen and oxygen atoms in total. The predicted octanol–water partition coefficient (Wildman–Crippen LogP) is 2.31. The maximum Gasteiger partial charge on any atom is 0.251 e. The molecule has 1 aromatic carbocycles. The van der Waals surface area contributed by atoms with Gasteiger partial charge in [0, 0.05) is 38.3 Å². The fraction of sp³-hybridized carbons (Fsp3) is 0.611. The lowest BCUT2D eigenvalue weighted by Gasteiger charge is -2.27. The van der Waals surface area contributed by atoms with Gasteiger partial charge in [-0.15, -0.1) is 12.4 Å². The molecule has 24 heavy (non-hydrogen) atoms. The molecule has 1 unspecified atom stereocenters. The second kappa shape index (κ2) is 11.3. The SMILES string of the molecule is CCC(C)Oc1ccc(C(=O)NCCCN2CCNCC2)cc1.Cl. The highest BCUT2D eigenvalue weighted by molar-refractivity contribution is 5.94. The summed E-state index contributed by atoms with van der Waals surface area (Å²) < 4.78 is 5.72. The maximum atomic E-state index is 12.1. The van der Waals surface area contributed by atoms with Crippen molar-refractivity contribution in [1.82, 2.24) is 15.5 Å². The number of hydrogen-bond acceptors (Lipinski definition) is 4. The van der Waals surface area contributed by atoms with Crippen LogP contribution in [0, 0.1) is 0 Å². The van der Waals surface area contributed by atoms with E-state index >= 15 is 0 Å². The molecule has 1 aliphatic rings. The third kappa shape index (κ3) is 7.07. The lowest BCUT2D eigenvalue weighted by molar-refractivity contribution is 0.0951. The van der Waals surface area contributed by atoms with Crippen LogP contribution in [0.5, 0.6) is 5.75 Å². The van der Waals surface area contributed by atoms with Gasteiger partial charge < -0.3 is 20.3 Å². The maximum absolute atomic E-state index is 12.1. The number of benzene rings is 1. The van der Waals surface area contributed by atoms with Crippen molar-refractivity contribution in [3.8, 4) is 5.75 Å². The highest BCUT2D eigenvalue weighted by Crippen LogP contribution is 2.14. The van der Waals surface area contributed by atoms with Crippen LogP contribution in [-0.2, 0) is 0 Å². The molecular formula is C18H30ClN3O2. The molecule has 0 spiro atoms. The van der Waals surface area contributed by atoms with Crippen LogP contribution in [0.4, 0.5) is 0 Å². The first-order chi connectivity index (χ1) is 11.2. The van der Waals surface area contributed by atoms with E-state index in [1.165, 1.54) is 0 Å². The molecule has 0 saturated carbocycles. The summed E-state index contributed by atoms with van der Waals surface area (Å²) in [6, 6.07) is 7.37. The van der Waals surface area contributed by atoms with Crippen LogP contribution in [0.25, 0.3) is 0 Å². The number of piperazine rings is 1. The minimum Gasteiger partial charge on any atom is -0.491 e. The summed E-state index contributed by atoms with van der Waals surface area (Å²) in [5, 5.41) is 6.33. The molecular weight excluding hydrogens is 326 g/mol. The minimum atomic E-state index is -0.0135. The molecule has 2 rings (SSSR count). The summed E-state index contributed by atoms with van der Waals surface area (Å²) in [5.74, 6) is 0.801. The fourth-order valence-electron chi connectivity index (χ4n) is 2.54. The highest BCUT2D eigenvalue weighted by Gasteiger charge is 2.09. The number of ether oxygens (including phenoxy) is 1. The molecule has 0 radical (unpaired) electrons. The van der Waals surface area contributed by atoms with E-state index < -0.39 is 0 Å². The lowest BCUT2D eigenvalue weighted by atomic mass is 10.2. The largest absolute Gasteiger partial charge is 0.491 e. The van der Waals surface area contributed by atoms with Gasteiger partial charge in [-0.1, -0.05) is 6.92 Å². The molecule has 1 aromatic rings. The predicted molar refractivity (Wildman–Crippen MR) is 100 cm³/mol. The average Bonchev–Trinajstić information content (AvgIpc) is 2.60. The molecule has 2 N–H and O–H groups in total. The Balaban J connectivity index is 0.00000288. The van der Waals surface area contributed by atoms with Crippen molar-refractivity contribution >= 4 is 18.3 Å². The number of carbonyl (C=O) groups excluding carboxylic acids is 1. The second-order valence-corrected chi connectivity index (χ2v) is 6.06. The first-order valence-corrected chi connectivity index (χ1v) is 8.67. The topological polar surface area (TPSA) is 53.6 Å². The number of carbonyl (C=O) groups is 1. The molecule has 1 saturated heterocycles. The third-order valence-corrected chi connectivity index (χ3v) is 4.17. The van der Waals surface area contributed by atoms with Gasteiger partial charge >= 0.3 is 0 Å². The van der Waals surface area contributed by atoms with Gasteiger partial charge in [-0.2, -0.15) is 0 Å². The zero-order valence-corrected chi connectivity index (χ0v) is 15.5. The van der Waals surface area contributed by atoms with Gasteiger partial charge in [0.2, 0.25) is 0 Å². The Morgan fingerprint density at radius 3 is 2.58 bits per heavy atom. The molecule has 1 fully saturated rings. The number of nitrogens with one attached hydrogen (secondary N) is 2. The van der Waals surface area contributed by atoms with Gasteiger partial charge in [-0.25, -0.2) is 0 Å². The van der Waals surface area contributed by atoms with Crippen LogP contribution >= 0.6 is 12.4 Å². The quantitative estimate of drug-likeness (QED) is 0.703. The Kier molecular flexibility index (Phi) is 9.76. The summed E-state index contributed by atoms with van der Waals surface area (Å²) >= 11 is 0. The Morgan fingerprint density at radius 1 is 1.29 bits per heavy atom. The zero-order valence-electron chi connectivity index (χ0n) is 14.7. The van der Waals surface area contributed by atoms with Crippen LogP contribution in [0.2, 0.25) is 0 Å². The van der Waals surface area contributed by atoms with E-state index in [1.54, 1.807) is 0 Å². The van der Waals surface area contributed by atoms with Crippen LogP contribution in [0.15, 0.2) is 24.3 Å². The first kappa shape index (κ1) is 20.7. The number of amides is 1. The summed E-state index contributed by atoms with van der Waals surface area (Å²) in [4.78, 5) is 14.5. The van der Waals surface area contributed by atoms with E-state index in [0.717, 1.165) is 51.3 Å². The monoisotopic (exact) mass is 355 g/mol. The van der Waals surface area contributed by atoms with Crippen LogP contribution < -0.4 is 15.4 Å². The van der Waals surface area contributed by atoms with Crippen molar-refractivity contribution in [2.75, 3.05) is 39.3 Å². The number of halogens is 1. The summed E-state index contributed by atoms with van der Waals surface area (Å²) in [5.41, 5.74) is 0.684. The zero-order chi connectivity index (χ0) is 16.5. The van der Waals surface area contributed by atoms with Crippen molar-refractivity contribution < 1.29 is 9.53 Å². The molecule has 0 aromatic heterocycles. The number of nitrogens with zero attached hydrogens (tertiary/aromatic N) is 1. The molecule has 1 heterocycles. The van der Waals surface area contributed by atoms with E-state index in [1.807, 2.05) is 31.2 Å². The Hall–Kier alpha value is -1.30. The van der Waals surface area contributed by atoms with E-state index in [2.05, 4.69) is 22.5 Å². The summed E-state index contributed by atoms with van der Waals surface area (Å²) in [6.45, 7) is 10.2. The number of hydrogen-bond donors (Lipinski definition) is 2. The summed E-state index contributed by atoms with van der Waals surface area (Å²) in [7, 11) is 0. The minimum absolute atomic E-state index is 0. The van der Waals surface area contributed by atoms with Gasteiger partial charge in [0.1, 0.15) is 5.75 Å². The molecule has 0 bridgehead atoms. The van der Waals surface area contributed by atoms with Gasteiger partial charge in [-0.3, -0.25) is 4.79 Å². The number of rotatable bonds is 8. The Bertz CT molecular complexity index is 476. The van der Waals surface area contributed by atoms with Gasteiger partial charge in [0.25, 0.3) is 5.91 Å². The van der Waals surface area contributed by atoms with Crippen molar-refractivity contribution in [2.24, 2.45) is 0 Å². The van der Waals surface area contributed by atoms with E-state index in [0.29, 0.717) is 12.1 Å². The Morgan fingerprint density at radius 2 is 1.96 bits per heavy atom. The van der Waals surface area contributed by atoms with E-state index in [9.17, 15) is 4.79 Å². The van der Waals surface area contributed by atoms with Crippen molar-refractivity contribution in [3.05, 3.63) is 29.8 Å². The fourth-order valence-corrected chi connectivity index (χ4v) is 2.54. The molecule has 1 aliphatic heterocycles. The highest BCUT2D eigenvalue weighted by atomic mass is 35.5. The molecule has 0 aliphatic carbocycles. The van der Waals surface area contributed by atoms with Gasteiger partial charge in [0.15, 0.2) is 0 Å². The molecule has 1 atom stereocenters. The average molecular weight is 356 g/mol. The summed E-state index contributed by atoms with van der Waals surface area (Å²) in [6.07, 6.45) is 2.15. The smallest absolute Gasteiger partial charge is 0.251 e. The van der Waals surface area contributed by atoms with Crippen LogP contribution in [-0.4, -0.2) is 56.2 Å². The van der Waals surface area contributed by atoms with E-state index in [4.69, 9.17) is 4.74 Å². The molecule has 136 valence electrons. The van der Waals surface area contributed by atoms with E-state index in [-0.39, 0.29) is 24.4 Å². The van der Waals surface area contributed by atoms with Crippen molar-refractivity contribution in [1.29, 1.82) is 0 Å². The molecule has 1 amide bonds. The third-order valence-electron chi connectivity index (χ3n) is 4.17. The van der Waals surface area contributed by atoms with Crippen molar-refractivity contribution in [2.45, 2.75) is 32.8 Å². The van der Waals surface area contributed by atoms with Gasteiger partial charge in [0.05, 0.1) is 6.10 Å². The second-order valence-electron chi connectivity index (χ2n) is 6.06. The normalized spacial score (nSPS) is 16.1. The van der Waals surface area contributed by atoms with Gasteiger partial charge in [-0.05, 0) is 50.6 Å². The van der Waals surface area contributed by atoms with Crippen LogP contribution in [0.3, 0.4) is 0 Å². The van der Waals surface area contributed by atoms with Crippen LogP contribution in [0.1, 0.15) is 37.0 Å². The first-order valence-electron chi connectivity index (χ1n) is 8.67. The molecule has 6 heteroatoms.